The summed E-state index contributed by atoms with van der Waals surface area (Å²) in [4.78, 5) is 0. The molecule has 0 N–H and O–H groups in total. The normalized spacial score (nSPS) is 19.1. The minimum absolute atomic E-state index is 0.143. The Balaban J connectivity index is 1.59. The molecule has 0 radical (unpaired) electrons. The van der Waals surface area contributed by atoms with Crippen molar-refractivity contribution >= 4 is 0 Å². The molecule has 1 fully saturated rings. The highest BCUT2D eigenvalue weighted by atomic mass is 19.2. The molecular formula is C25H34F2N2O. The Morgan fingerprint density at radius 2 is 1.60 bits per heavy atom. The minimum atomic E-state index is -0.840. The van der Waals surface area contributed by atoms with Crippen molar-refractivity contribution in [1.82, 2.24) is 10.2 Å². The maximum Gasteiger partial charge on any atom is 0.233 e. The van der Waals surface area contributed by atoms with E-state index in [4.69, 9.17) is 4.74 Å². The van der Waals surface area contributed by atoms with Crippen molar-refractivity contribution in [2.24, 2.45) is 11.8 Å². The molecule has 1 saturated carbocycles. The number of aromatic nitrogens is 2. The summed E-state index contributed by atoms with van der Waals surface area (Å²) in [5.41, 5.74) is 0.915. The van der Waals surface area contributed by atoms with Gasteiger partial charge in [-0.25, -0.2) is 8.78 Å². The van der Waals surface area contributed by atoms with Gasteiger partial charge in [0.05, 0.1) is 12.3 Å². The Kier molecular flexibility index (Phi) is 8.59. The van der Waals surface area contributed by atoms with Crippen LogP contribution in [-0.2, 0) is 6.42 Å². The van der Waals surface area contributed by atoms with E-state index >= 15 is 0 Å². The zero-order valence-corrected chi connectivity index (χ0v) is 18.3. The van der Waals surface area contributed by atoms with Gasteiger partial charge in [0.15, 0.2) is 11.6 Å². The second kappa shape index (κ2) is 11.4. The molecule has 1 heterocycles. The third kappa shape index (κ3) is 5.99. The second-order valence-electron chi connectivity index (χ2n) is 8.57. The molecule has 0 unspecified atom stereocenters. The number of aryl methyl sites for hydroxylation is 1. The fourth-order valence-corrected chi connectivity index (χ4v) is 4.42. The van der Waals surface area contributed by atoms with Crippen molar-refractivity contribution in [3.05, 3.63) is 41.5 Å². The third-order valence-electron chi connectivity index (χ3n) is 6.31. The summed E-state index contributed by atoms with van der Waals surface area (Å²) in [6, 6.07) is 6.59. The first-order valence-corrected chi connectivity index (χ1v) is 11.6. The number of halogens is 2. The van der Waals surface area contributed by atoms with Crippen molar-refractivity contribution < 1.29 is 13.5 Å². The summed E-state index contributed by atoms with van der Waals surface area (Å²) < 4.78 is 34.9. The van der Waals surface area contributed by atoms with Crippen molar-refractivity contribution in [1.29, 1.82) is 0 Å². The van der Waals surface area contributed by atoms with Gasteiger partial charge in [0.25, 0.3) is 0 Å². The third-order valence-corrected chi connectivity index (χ3v) is 6.31. The van der Waals surface area contributed by atoms with E-state index < -0.39 is 11.6 Å². The SMILES string of the molecule is CCCCOc1ccc(-c2ccc(CC[C@H]3CC[C@H](CCC)CC3)c(F)c2F)nn1. The zero-order chi connectivity index (χ0) is 21.3. The zero-order valence-electron chi connectivity index (χ0n) is 18.3. The minimum Gasteiger partial charge on any atom is -0.477 e. The summed E-state index contributed by atoms with van der Waals surface area (Å²) in [6.45, 7) is 4.90. The molecule has 0 aliphatic heterocycles. The van der Waals surface area contributed by atoms with Crippen LogP contribution >= 0.6 is 0 Å². The molecule has 0 spiro atoms. The van der Waals surface area contributed by atoms with E-state index in [1.54, 1.807) is 24.3 Å². The number of hydrogen-bond donors (Lipinski definition) is 0. The van der Waals surface area contributed by atoms with Gasteiger partial charge in [-0.05, 0) is 48.8 Å². The van der Waals surface area contributed by atoms with Crippen molar-refractivity contribution in [3.63, 3.8) is 0 Å². The maximum absolute atomic E-state index is 14.7. The van der Waals surface area contributed by atoms with Crippen LogP contribution in [0.15, 0.2) is 24.3 Å². The second-order valence-corrected chi connectivity index (χ2v) is 8.57. The van der Waals surface area contributed by atoms with E-state index in [0.29, 0.717) is 36.1 Å². The van der Waals surface area contributed by atoms with Crippen LogP contribution in [0.4, 0.5) is 8.78 Å². The van der Waals surface area contributed by atoms with Crippen LogP contribution in [0.3, 0.4) is 0 Å². The van der Waals surface area contributed by atoms with E-state index in [9.17, 15) is 8.78 Å². The molecule has 0 amide bonds. The number of hydrogen-bond acceptors (Lipinski definition) is 3. The summed E-state index contributed by atoms with van der Waals surface area (Å²) >= 11 is 0. The van der Waals surface area contributed by atoms with E-state index in [1.165, 1.54) is 38.5 Å². The predicted molar refractivity (Wildman–Crippen MR) is 116 cm³/mol. The Hall–Kier alpha value is -2.04. The highest BCUT2D eigenvalue weighted by Gasteiger charge is 2.22. The molecule has 3 rings (SSSR count). The van der Waals surface area contributed by atoms with Crippen LogP contribution in [-0.4, -0.2) is 16.8 Å². The molecule has 5 heteroatoms. The molecule has 2 aromatic rings. The molecule has 0 saturated heterocycles. The number of rotatable bonds is 10. The highest BCUT2D eigenvalue weighted by molar-refractivity contribution is 5.60. The first kappa shape index (κ1) is 22.6. The summed E-state index contributed by atoms with van der Waals surface area (Å²) in [6.07, 6.45) is 11.1. The Bertz CT molecular complexity index is 786. The monoisotopic (exact) mass is 416 g/mol. The molecular weight excluding hydrogens is 382 g/mol. The van der Waals surface area contributed by atoms with Crippen LogP contribution in [0.2, 0.25) is 0 Å². The van der Waals surface area contributed by atoms with Crippen LogP contribution in [0.1, 0.15) is 77.2 Å². The quantitative estimate of drug-likeness (QED) is 0.386. The smallest absolute Gasteiger partial charge is 0.233 e. The van der Waals surface area contributed by atoms with E-state index in [1.807, 2.05) is 0 Å². The molecule has 0 atom stereocenters. The molecule has 1 aliphatic rings. The Morgan fingerprint density at radius 3 is 2.23 bits per heavy atom. The van der Waals surface area contributed by atoms with Crippen molar-refractivity contribution in [2.75, 3.05) is 6.61 Å². The summed E-state index contributed by atoms with van der Waals surface area (Å²) in [5, 5.41) is 7.99. The number of unbranched alkanes of at least 4 members (excludes halogenated alkanes) is 1. The number of benzene rings is 1. The van der Waals surface area contributed by atoms with Gasteiger partial charge in [0.2, 0.25) is 5.88 Å². The van der Waals surface area contributed by atoms with E-state index in [0.717, 1.165) is 25.2 Å². The van der Waals surface area contributed by atoms with Gasteiger partial charge in [-0.1, -0.05) is 64.9 Å². The fraction of sp³-hybridized carbons (Fsp3) is 0.600. The van der Waals surface area contributed by atoms with Gasteiger partial charge in [0.1, 0.15) is 0 Å². The molecule has 1 aromatic carbocycles. The first-order chi connectivity index (χ1) is 14.6. The molecule has 0 bridgehead atoms. The average Bonchev–Trinajstić information content (AvgIpc) is 2.77. The van der Waals surface area contributed by atoms with Gasteiger partial charge in [0, 0.05) is 11.6 Å². The topological polar surface area (TPSA) is 35.0 Å². The van der Waals surface area contributed by atoms with Gasteiger partial charge in [-0.15, -0.1) is 10.2 Å². The van der Waals surface area contributed by atoms with Gasteiger partial charge in [-0.2, -0.15) is 0 Å². The first-order valence-electron chi connectivity index (χ1n) is 11.6. The number of nitrogens with zero attached hydrogens (tertiary/aromatic N) is 2. The lowest BCUT2D eigenvalue weighted by Crippen LogP contribution is -2.15. The van der Waals surface area contributed by atoms with Crippen molar-refractivity contribution in [3.8, 4) is 17.1 Å². The number of ether oxygens (including phenoxy) is 1. The Morgan fingerprint density at radius 1 is 0.867 bits per heavy atom. The van der Waals surface area contributed by atoms with E-state index in [2.05, 4.69) is 24.0 Å². The highest BCUT2D eigenvalue weighted by Crippen LogP contribution is 2.34. The van der Waals surface area contributed by atoms with Crippen LogP contribution in [0, 0.1) is 23.5 Å². The van der Waals surface area contributed by atoms with Crippen molar-refractivity contribution in [2.45, 2.75) is 78.1 Å². The lowest BCUT2D eigenvalue weighted by atomic mass is 9.78. The largest absolute Gasteiger partial charge is 0.477 e. The molecule has 1 aliphatic carbocycles. The van der Waals surface area contributed by atoms with Gasteiger partial charge >= 0.3 is 0 Å². The molecule has 1 aromatic heterocycles. The molecule has 164 valence electrons. The predicted octanol–water partition coefficient (Wildman–Crippen LogP) is 7.14. The fourth-order valence-electron chi connectivity index (χ4n) is 4.42. The average molecular weight is 417 g/mol. The lowest BCUT2D eigenvalue weighted by molar-refractivity contribution is 0.251. The lowest BCUT2D eigenvalue weighted by Gasteiger charge is -2.28. The molecule has 3 nitrogen and oxygen atoms in total. The van der Waals surface area contributed by atoms with Crippen LogP contribution < -0.4 is 4.74 Å². The van der Waals surface area contributed by atoms with Gasteiger partial charge < -0.3 is 4.74 Å². The maximum atomic E-state index is 14.7. The Labute approximate surface area is 179 Å². The molecule has 30 heavy (non-hydrogen) atoms. The summed E-state index contributed by atoms with van der Waals surface area (Å²) in [7, 11) is 0. The van der Waals surface area contributed by atoms with E-state index in [-0.39, 0.29) is 5.56 Å². The van der Waals surface area contributed by atoms with Crippen LogP contribution in [0.5, 0.6) is 5.88 Å². The standard InChI is InChI=1S/C25H34F2N2O/c1-3-5-17-30-23-16-15-22(28-29-23)21-14-13-20(24(26)25(21)27)12-11-19-9-7-18(6-4-2)8-10-19/h13-16,18-19H,3-12,17H2,1-2H3/t18-,19-. The van der Waals surface area contributed by atoms with Gasteiger partial charge in [-0.3, -0.25) is 0 Å². The summed E-state index contributed by atoms with van der Waals surface area (Å²) in [5.74, 6) is 0.305. The van der Waals surface area contributed by atoms with Crippen LogP contribution in [0.25, 0.3) is 11.3 Å².